The molecule has 0 atom stereocenters. The van der Waals surface area contributed by atoms with Gasteiger partial charge in [-0.3, -0.25) is 4.79 Å². The van der Waals surface area contributed by atoms with Crippen molar-refractivity contribution in [2.24, 2.45) is 0 Å². The van der Waals surface area contributed by atoms with E-state index in [1.165, 1.54) is 18.2 Å². The number of aromatic nitrogens is 2. The molecule has 0 saturated heterocycles. The summed E-state index contributed by atoms with van der Waals surface area (Å²) in [5, 5.41) is 12.1. The van der Waals surface area contributed by atoms with Gasteiger partial charge in [0, 0.05) is 0 Å². The molecule has 1 aromatic carbocycles. The molecule has 1 heterocycles. The average molecular weight is 299 g/mol. The fraction of sp³-hybridized carbons (Fsp3) is 0. The van der Waals surface area contributed by atoms with Crippen LogP contribution in [0, 0.1) is 0 Å². The van der Waals surface area contributed by atoms with E-state index in [1.807, 2.05) is 0 Å². The topological polar surface area (TPSA) is 101 Å². The van der Waals surface area contributed by atoms with Gasteiger partial charge in [0.15, 0.2) is 16.1 Å². The molecular formula is C11H8Cl2N4O2. The number of halogens is 2. The Balaban J connectivity index is 2.34. The van der Waals surface area contributed by atoms with Crippen LogP contribution < -0.4 is 11.1 Å². The molecule has 0 aliphatic heterocycles. The maximum atomic E-state index is 12.0. The van der Waals surface area contributed by atoms with Gasteiger partial charge in [-0.15, -0.1) is 0 Å². The number of phenols is 1. The van der Waals surface area contributed by atoms with Crippen molar-refractivity contribution in [2.45, 2.75) is 0 Å². The fourth-order valence-corrected chi connectivity index (χ4v) is 1.78. The number of nitrogen functional groups attached to an aromatic ring is 1. The number of para-hydroxylation sites is 1. The van der Waals surface area contributed by atoms with E-state index >= 15 is 0 Å². The molecule has 8 heteroatoms. The van der Waals surface area contributed by atoms with E-state index in [0.717, 1.165) is 6.33 Å². The Bertz CT molecular complexity index is 628. The van der Waals surface area contributed by atoms with Gasteiger partial charge in [-0.2, -0.15) is 0 Å². The van der Waals surface area contributed by atoms with Crippen LogP contribution in [0.4, 0.5) is 11.4 Å². The van der Waals surface area contributed by atoms with Gasteiger partial charge in [-0.25, -0.2) is 9.97 Å². The molecule has 0 aliphatic carbocycles. The molecule has 0 aliphatic rings. The first-order valence-electron chi connectivity index (χ1n) is 5.05. The minimum atomic E-state index is -0.622. The van der Waals surface area contributed by atoms with E-state index in [1.54, 1.807) is 0 Å². The van der Waals surface area contributed by atoms with Gasteiger partial charge in [0.2, 0.25) is 0 Å². The van der Waals surface area contributed by atoms with Crippen LogP contribution >= 0.6 is 23.2 Å². The summed E-state index contributed by atoms with van der Waals surface area (Å²) in [6, 6.07) is 4.42. The molecule has 2 rings (SSSR count). The molecule has 0 unspecified atom stereocenters. The normalized spacial score (nSPS) is 10.2. The van der Waals surface area contributed by atoms with Gasteiger partial charge in [0.05, 0.1) is 11.3 Å². The molecule has 0 fully saturated rings. The first-order valence-corrected chi connectivity index (χ1v) is 5.81. The number of phenolic OH excluding ortho intramolecular Hbond substituents is 1. The molecule has 4 N–H and O–H groups in total. The van der Waals surface area contributed by atoms with Crippen molar-refractivity contribution in [1.82, 2.24) is 9.97 Å². The lowest BCUT2D eigenvalue weighted by Gasteiger charge is -2.09. The number of hydrogen-bond acceptors (Lipinski definition) is 5. The predicted octanol–water partition coefficient (Wildman–Crippen LogP) is 2.32. The SMILES string of the molecule is Nc1cccc(C(=O)Nc2c(Cl)ncnc2Cl)c1O. The van der Waals surface area contributed by atoms with Crippen molar-refractivity contribution in [3.8, 4) is 5.75 Å². The second kappa shape index (κ2) is 5.29. The molecule has 0 saturated carbocycles. The molecule has 1 amide bonds. The van der Waals surface area contributed by atoms with Crippen molar-refractivity contribution < 1.29 is 9.90 Å². The number of nitrogens with zero attached hydrogens (tertiary/aromatic N) is 2. The Morgan fingerprint density at radius 2 is 1.89 bits per heavy atom. The number of aromatic hydroxyl groups is 1. The molecule has 0 radical (unpaired) electrons. The number of anilines is 2. The van der Waals surface area contributed by atoms with E-state index in [4.69, 9.17) is 28.9 Å². The Morgan fingerprint density at radius 3 is 2.53 bits per heavy atom. The third-order valence-electron chi connectivity index (χ3n) is 2.31. The average Bonchev–Trinajstić information content (AvgIpc) is 2.37. The third kappa shape index (κ3) is 2.69. The lowest BCUT2D eigenvalue weighted by molar-refractivity contribution is 0.102. The minimum Gasteiger partial charge on any atom is -0.505 e. The van der Waals surface area contributed by atoms with Crippen LogP contribution in [0.5, 0.6) is 5.75 Å². The number of benzene rings is 1. The van der Waals surface area contributed by atoms with Gasteiger partial charge < -0.3 is 16.2 Å². The van der Waals surface area contributed by atoms with Gasteiger partial charge in [-0.05, 0) is 12.1 Å². The number of nitrogens with one attached hydrogen (secondary N) is 1. The highest BCUT2D eigenvalue weighted by Gasteiger charge is 2.17. The Labute approximate surface area is 118 Å². The second-order valence-corrected chi connectivity index (χ2v) is 4.24. The fourth-order valence-electron chi connectivity index (χ4n) is 1.37. The van der Waals surface area contributed by atoms with Crippen LogP contribution in [0.25, 0.3) is 0 Å². The largest absolute Gasteiger partial charge is 0.505 e. The number of rotatable bonds is 2. The van der Waals surface area contributed by atoms with Gasteiger partial charge in [0.25, 0.3) is 5.91 Å². The smallest absolute Gasteiger partial charge is 0.259 e. The second-order valence-electron chi connectivity index (χ2n) is 3.53. The Hall–Kier alpha value is -2.05. The van der Waals surface area contributed by atoms with Crippen LogP contribution in [0.2, 0.25) is 10.3 Å². The van der Waals surface area contributed by atoms with Crippen LogP contribution in [0.15, 0.2) is 24.5 Å². The van der Waals surface area contributed by atoms with Crippen molar-refractivity contribution >= 4 is 40.5 Å². The molecule has 6 nitrogen and oxygen atoms in total. The van der Waals surface area contributed by atoms with Crippen LogP contribution in [0.3, 0.4) is 0 Å². The van der Waals surface area contributed by atoms with Gasteiger partial charge >= 0.3 is 0 Å². The Kier molecular flexibility index (Phi) is 3.73. The zero-order valence-corrected chi connectivity index (χ0v) is 10.9. The van der Waals surface area contributed by atoms with Crippen molar-refractivity contribution in [3.05, 3.63) is 40.4 Å². The van der Waals surface area contributed by atoms with Crippen molar-refractivity contribution in [2.75, 3.05) is 11.1 Å². The van der Waals surface area contributed by atoms with Gasteiger partial charge in [-0.1, -0.05) is 29.3 Å². The standard InChI is InChI=1S/C11H8Cl2N4O2/c12-9-7(10(13)16-4-15-9)17-11(19)5-2-1-3-6(14)8(5)18/h1-4,18H,14H2,(H,17,19). The monoisotopic (exact) mass is 298 g/mol. The molecule has 19 heavy (non-hydrogen) atoms. The lowest BCUT2D eigenvalue weighted by atomic mass is 10.1. The predicted molar refractivity (Wildman–Crippen MR) is 72.5 cm³/mol. The molecule has 2 aromatic rings. The maximum Gasteiger partial charge on any atom is 0.259 e. The zero-order valence-electron chi connectivity index (χ0n) is 9.39. The van der Waals surface area contributed by atoms with Crippen LogP contribution in [-0.4, -0.2) is 21.0 Å². The molecule has 0 bridgehead atoms. The first-order chi connectivity index (χ1) is 9.00. The summed E-state index contributed by atoms with van der Waals surface area (Å²) in [6.45, 7) is 0. The quantitative estimate of drug-likeness (QED) is 0.449. The van der Waals surface area contributed by atoms with E-state index in [0.29, 0.717) is 0 Å². The van der Waals surface area contributed by atoms with Crippen LogP contribution in [0.1, 0.15) is 10.4 Å². The highest BCUT2D eigenvalue weighted by atomic mass is 35.5. The highest BCUT2D eigenvalue weighted by Crippen LogP contribution is 2.29. The number of hydrogen-bond donors (Lipinski definition) is 3. The molecular weight excluding hydrogens is 291 g/mol. The number of amides is 1. The first kappa shape index (κ1) is 13.4. The summed E-state index contributed by atoms with van der Waals surface area (Å²) < 4.78 is 0. The lowest BCUT2D eigenvalue weighted by Crippen LogP contribution is -2.14. The molecule has 98 valence electrons. The maximum absolute atomic E-state index is 12.0. The van der Waals surface area contributed by atoms with Crippen molar-refractivity contribution in [1.29, 1.82) is 0 Å². The summed E-state index contributed by atoms with van der Waals surface area (Å²) >= 11 is 11.6. The number of nitrogens with two attached hydrogens (primary N) is 1. The van der Waals surface area contributed by atoms with E-state index in [9.17, 15) is 9.90 Å². The summed E-state index contributed by atoms with van der Waals surface area (Å²) in [5.74, 6) is -0.938. The van der Waals surface area contributed by atoms with Crippen LogP contribution in [-0.2, 0) is 0 Å². The van der Waals surface area contributed by atoms with Crippen molar-refractivity contribution in [3.63, 3.8) is 0 Å². The summed E-state index contributed by atoms with van der Waals surface area (Å²) in [7, 11) is 0. The van der Waals surface area contributed by atoms with Gasteiger partial charge in [0.1, 0.15) is 12.0 Å². The van der Waals surface area contributed by atoms with E-state index in [-0.39, 0.29) is 33.0 Å². The Morgan fingerprint density at radius 1 is 1.26 bits per heavy atom. The number of carbonyl (C=O) groups excluding carboxylic acids is 1. The number of carbonyl (C=O) groups is 1. The van der Waals surface area contributed by atoms with E-state index < -0.39 is 5.91 Å². The highest BCUT2D eigenvalue weighted by molar-refractivity contribution is 6.38. The van der Waals surface area contributed by atoms with E-state index in [2.05, 4.69) is 15.3 Å². The zero-order chi connectivity index (χ0) is 14.0. The minimum absolute atomic E-state index is 0.00302. The molecule has 0 spiro atoms. The third-order valence-corrected chi connectivity index (χ3v) is 2.88. The summed E-state index contributed by atoms with van der Waals surface area (Å²) in [6.07, 6.45) is 1.16. The molecule has 1 aromatic heterocycles. The summed E-state index contributed by atoms with van der Waals surface area (Å²) in [5.41, 5.74) is 5.66. The summed E-state index contributed by atoms with van der Waals surface area (Å²) in [4.78, 5) is 19.4.